The number of rotatable bonds is 6. The number of pyridine rings is 1. The Morgan fingerprint density at radius 3 is 2.38 bits per heavy atom. The van der Waals surface area contributed by atoms with Gasteiger partial charge in [-0.2, -0.15) is 4.39 Å². The Kier molecular flexibility index (Phi) is 6.46. The molecule has 0 radical (unpaired) electrons. The lowest BCUT2D eigenvalue weighted by Crippen LogP contribution is -2.39. The Labute approximate surface area is 148 Å². The zero-order valence-corrected chi connectivity index (χ0v) is 14.0. The highest BCUT2D eigenvalue weighted by atomic mass is 19.1. The van der Waals surface area contributed by atoms with E-state index in [1.54, 1.807) is 12.1 Å². The number of aliphatic carboxylic acids is 2. The van der Waals surface area contributed by atoms with E-state index < -0.39 is 30.1 Å². The standard InChI is InChI=1S/C12H15FN2O.C4H6O6/c1-15-9(5-8-6-10(8)15)7-16-11-3-2-4-14-12(11)13;5-1(3(7)8)2(6)4(9)10/h2-4,8-10H,5-7H2,1H3;1-2,5-6H,(H,7,8)(H,9,10). The summed E-state index contributed by atoms with van der Waals surface area (Å²) in [4.78, 5) is 25.5. The second-order valence-electron chi connectivity index (χ2n) is 6.29. The molecule has 0 bridgehead atoms. The first-order valence-corrected chi connectivity index (χ1v) is 7.99. The summed E-state index contributed by atoms with van der Waals surface area (Å²) in [5.74, 6) is -2.94. The van der Waals surface area contributed by atoms with Crippen molar-refractivity contribution in [2.75, 3.05) is 13.7 Å². The highest BCUT2D eigenvalue weighted by Gasteiger charge is 2.50. The van der Waals surface area contributed by atoms with Gasteiger partial charge >= 0.3 is 11.9 Å². The molecule has 2 fully saturated rings. The Morgan fingerprint density at radius 1 is 1.31 bits per heavy atom. The monoisotopic (exact) mass is 372 g/mol. The lowest BCUT2D eigenvalue weighted by Gasteiger charge is -2.22. The van der Waals surface area contributed by atoms with Gasteiger partial charge in [0.1, 0.15) is 6.61 Å². The second kappa shape index (κ2) is 8.39. The molecule has 10 heteroatoms. The third-order valence-corrected chi connectivity index (χ3v) is 4.52. The number of carboxylic acid groups (broad SMARTS) is 2. The Morgan fingerprint density at radius 2 is 1.92 bits per heavy atom. The van der Waals surface area contributed by atoms with Crippen molar-refractivity contribution in [2.24, 2.45) is 5.92 Å². The summed E-state index contributed by atoms with van der Waals surface area (Å²) in [6.45, 7) is 0.562. The van der Waals surface area contributed by atoms with E-state index in [0.29, 0.717) is 12.6 Å². The number of aliphatic hydroxyl groups is 2. The van der Waals surface area contributed by atoms with Crippen LogP contribution in [0, 0.1) is 11.9 Å². The number of nitrogens with zero attached hydrogens (tertiary/aromatic N) is 2. The van der Waals surface area contributed by atoms with Crippen molar-refractivity contribution in [3.05, 3.63) is 24.3 Å². The second-order valence-corrected chi connectivity index (χ2v) is 6.29. The van der Waals surface area contributed by atoms with Crippen LogP contribution in [-0.4, -0.2) is 80.2 Å². The fourth-order valence-electron chi connectivity index (χ4n) is 2.89. The fourth-order valence-corrected chi connectivity index (χ4v) is 2.89. The third kappa shape index (κ3) is 4.87. The van der Waals surface area contributed by atoms with E-state index in [-0.39, 0.29) is 5.75 Å². The molecule has 9 nitrogen and oxygen atoms in total. The van der Waals surface area contributed by atoms with Crippen LogP contribution in [0.2, 0.25) is 0 Å². The van der Waals surface area contributed by atoms with E-state index >= 15 is 0 Å². The van der Waals surface area contributed by atoms with Gasteiger partial charge in [-0.25, -0.2) is 14.6 Å². The summed E-state index contributed by atoms with van der Waals surface area (Å²) in [5.41, 5.74) is 0. The van der Waals surface area contributed by atoms with Gasteiger partial charge in [0.25, 0.3) is 5.95 Å². The van der Waals surface area contributed by atoms with Crippen molar-refractivity contribution in [3.8, 4) is 5.75 Å². The van der Waals surface area contributed by atoms with Crippen LogP contribution in [0.5, 0.6) is 5.75 Å². The SMILES string of the molecule is CN1C(COc2cccnc2F)CC2CC21.O=C(O)C(O)C(O)C(=O)O. The van der Waals surface area contributed by atoms with Gasteiger partial charge < -0.3 is 25.2 Å². The van der Waals surface area contributed by atoms with Crippen molar-refractivity contribution in [3.63, 3.8) is 0 Å². The summed E-state index contributed by atoms with van der Waals surface area (Å²) in [7, 11) is 2.13. The van der Waals surface area contributed by atoms with Crippen LogP contribution in [0.15, 0.2) is 18.3 Å². The fraction of sp³-hybridized carbons (Fsp3) is 0.562. The molecule has 1 aromatic heterocycles. The zero-order chi connectivity index (χ0) is 19.4. The van der Waals surface area contributed by atoms with Gasteiger partial charge in [0.05, 0.1) is 0 Å². The molecule has 3 rings (SSSR count). The Balaban J connectivity index is 0.000000213. The lowest BCUT2D eigenvalue weighted by molar-refractivity contribution is -0.165. The van der Waals surface area contributed by atoms with Crippen molar-refractivity contribution in [1.29, 1.82) is 0 Å². The third-order valence-electron chi connectivity index (χ3n) is 4.52. The van der Waals surface area contributed by atoms with Crippen molar-refractivity contribution >= 4 is 11.9 Å². The van der Waals surface area contributed by atoms with Crippen LogP contribution in [-0.2, 0) is 9.59 Å². The smallest absolute Gasteiger partial charge is 0.335 e. The number of hydrogen-bond acceptors (Lipinski definition) is 7. The highest BCUT2D eigenvalue weighted by molar-refractivity contribution is 5.83. The average Bonchev–Trinajstić information content (AvgIpc) is 3.31. The van der Waals surface area contributed by atoms with Crippen LogP contribution >= 0.6 is 0 Å². The number of hydrogen-bond donors (Lipinski definition) is 4. The van der Waals surface area contributed by atoms with Crippen molar-refractivity contribution in [2.45, 2.75) is 37.1 Å². The average molecular weight is 372 g/mol. The molecule has 0 aromatic carbocycles. The number of ether oxygens (including phenoxy) is 1. The molecule has 1 aliphatic carbocycles. The molecule has 1 aliphatic heterocycles. The number of carbonyl (C=O) groups is 2. The number of likely N-dealkylation sites (tertiary alicyclic amines) is 1. The Hall–Kier alpha value is -2.30. The van der Waals surface area contributed by atoms with E-state index in [9.17, 15) is 14.0 Å². The molecule has 144 valence electrons. The number of likely N-dealkylation sites (N-methyl/N-ethyl adjacent to an activating group) is 1. The maximum atomic E-state index is 13.2. The van der Waals surface area contributed by atoms with E-state index in [0.717, 1.165) is 12.0 Å². The summed E-state index contributed by atoms with van der Waals surface area (Å²) in [6.07, 6.45) is -0.592. The first-order chi connectivity index (χ1) is 12.2. The first kappa shape index (κ1) is 20.0. The number of aliphatic hydroxyl groups excluding tert-OH is 2. The molecular weight excluding hydrogens is 351 g/mol. The highest BCUT2D eigenvalue weighted by Crippen LogP contribution is 2.46. The largest absolute Gasteiger partial charge is 0.487 e. The molecule has 2 aliphatic rings. The van der Waals surface area contributed by atoms with Gasteiger partial charge in [0.2, 0.25) is 0 Å². The molecule has 5 unspecified atom stereocenters. The van der Waals surface area contributed by atoms with Crippen LogP contribution < -0.4 is 4.74 Å². The lowest BCUT2D eigenvalue weighted by atomic mass is 10.2. The number of piperidine rings is 1. The van der Waals surface area contributed by atoms with E-state index in [4.69, 9.17) is 25.2 Å². The molecule has 4 N–H and O–H groups in total. The maximum absolute atomic E-state index is 13.2. The molecule has 2 heterocycles. The van der Waals surface area contributed by atoms with Gasteiger partial charge in [-0.05, 0) is 37.9 Å². The summed E-state index contributed by atoms with van der Waals surface area (Å²) in [5, 5.41) is 32.5. The number of halogens is 1. The van der Waals surface area contributed by atoms with E-state index in [1.807, 2.05) is 0 Å². The minimum atomic E-state index is -2.27. The maximum Gasteiger partial charge on any atom is 0.335 e. The van der Waals surface area contributed by atoms with Gasteiger partial charge in [0, 0.05) is 18.3 Å². The van der Waals surface area contributed by atoms with E-state index in [1.165, 1.54) is 19.0 Å². The quantitative estimate of drug-likeness (QED) is 0.490. The predicted octanol–water partition coefficient (Wildman–Crippen LogP) is -0.430. The topological polar surface area (TPSA) is 140 Å². The molecule has 26 heavy (non-hydrogen) atoms. The molecule has 5 atom stereocenters. The number of fused-ring (bicyclic) bond motifs is 1. The van der Waals surface area contributed by atoms with Crippen LogP contribution in [0.3, 0.4) is 0 Å². The van der Waals surface area contributed by atoms with Crippen molar-refractivity contribution in [1.82, 2.24) is 9.88 Å². The normalized spacial score (nSPS) is 26.1. The predicted molar refractivity (Wildman–Crippen MR) is 85.0 cm³/mol. The first-order valence-electron chi connectivity index (χ1n) is 7.99. The molecule has 1 saturated carbocycles. The van der Waals surface area contributed by atoms with E-state index in [2.05, 4.69) is 16.9 Å². The van der Waals surface area contributed by atoms with Crippen LogP contribution in [0.1, 0.15) is 12.8 Å². The van der Waals surface area contributed by atoms with Gasteiger partial charge in [-0.3, -0.25) is 4.90 Å². The number of carboxylic acids is 2. The molecule has 1 saturated heterocycles. The molecule has 0 amide bonds. The Bertz CT molecular complexity index is 641. The van der Waals surface area contributed by atoms with Gasteiger partial charge in [0.15, 0.2) is 18.0 Å². The minimum Gasteiger partial charge on any atom is -0.487 e. The summed E-state index contributed by atoms with van der Waals surface area (Å²) >= 11 is 0. The molecule has 1 aromatic rings. The summed E-state index contributed by atoms with van der Waals surface area (Å²) in [6, 6.07) is 4.50. The molecular formula is C16H21FN2O7. The van der Waals surface area contributed by atoms with Crippen molar-refractivity contribution < 1.29 is 39.1 Å². The van der Waals surface area contributed by atoms with Crippen LogP contribution in [0.25, 0.3) is 0 Å². The minimum absolute atomic E-state index is 0.261. The van der Waals surface area contributed by atoms with Crippen LogP contribution in [0.4, 0.5) is 4.39 Å². The van der Waals surface area contributed by atoms with Gasteiger partial charge in [-0.1, -0.05) is 0 Å². The summed E-state index contributed by atoms with van der Waals surface area (Å²) < 4.78 is 18.7. The number of aromatic nitrogens is 1. The molecule has 0 spiro atoms. The van der Waals surface area contributed by atoms with Gasteiger partial charge in [-0.15, -0.1) is 0 Å². The zero-order valence-electron chi connectivity index (χ0n) is 14.0.